The van der Waals surface area contributed by atoms with Gasteiger partial charge in [0.2, 0.25) is 0 Å². The van der Waals surface area contributed by atoms with E-state index in [0.29, 0.717) is 24.3 Å². The highest BCUT2D eigenvalue weighted by Crippen LogP contribution is 2.17. The zero-order valence-corrected chi connectivity index (χ0v) is 13.6. The van der Waals surface area contributed by atoms with E-state index >= 15 is 0 Å². The second-order valence-electron chi connectivity index (χ2n) is 5.41. The van der Waals surface area contributed by atoms with Gasteiger partial charge in [-0.15, -0.1) is 0 Å². The Kier molecular flexibility index (Phi) is 6.89. The van der Waals surface area contributed by atoms with Gasteiger partial charge in [0.1, 0.15) is 11.5 Å². The number of aliphatic carboxylic acids is 2. The lowest BCUT2D eigenvalue weighted by molar-refractivity contribution is -0.138. The molecule has 0 aliphatic rings. The van der Waals surface area contributed by atoms with E-state index in [1.165, 1.54) is 7.69 Å². The van der Waals surface area contributed by atoms with Crippen LogP contribution < -0.4 is 9.31 Å². The van der Waals surface area contributed by atoms with E-state index in [9.17, 15) is 9.59 Å². The van der Waals surface area contributed by atoms with Crippen molar-refractivity contribution in [1.29, 1.82) is 0 Å². The molecule has 0 fully saturated rings. The first kappa shape index (κ1) is 18.4. The van der Waals surface area contributed by atoms with Crippen molar-refractivity contribution in [3.05, 3.63) is 59.7 Å². The van der Waals surface area contributed by atoms with Crippen molar-refractivity contribution in [1.82, 2.24) is 0 Å². The standard InChI is InChI=1S/C18H18BO6/c20-17(21)9-7-13-3-1-5-15(11-13)24-19-25-16-6-2-4-14(12-16)8-10-18(22)23/h1-6,11-12H,7-10H2,(H,20,21)(H,22,23). The first-order valence-electron chi connectivity index (χ1n) is 7.79. The highest BCUT2D eigenvalue weighted by molar-refractivity contribution is 6.20. The Bertz CT molecular complexity index is 670. The molecule has 7 heteroatoms. The van der Waals surface area contributed by atoms with Crippen LogP contribution in [0.1, 0.15) is 24.0 Å². The monoisotopic (exact) mass is 341 g/mol. The minimum atomic E-state index is -0.844. The predicted octanol–water partition coefficient (Wildman–Crippen LogP) is 2.71. The number of benzene rings is 2. The normalized spacial score (nSPS) is 10.1. The van der Waals surface area contributed by atoms with Crippen LogP contribution in [0.4, 0.5) is 0 Å². The Morgan fingerprint density at radius 2 is 1.24 bits per heavy atom. The maximum Gasteiger partial charge on any atom is 0.658 e. The summed E-state index contributed by atoms with van der Waals surface area (Å²) in [5.41, 5.74) is 1.73. The number of hydrogen-bond donors (Lipinski definition) is 2. The minimum Gasteiger partial charge on any atom is -0.526 e. The Morgan fingerprint density at radius 3 is 1.64 bits per heavy atom. The van der Waals surface area contributed by atoms with Crippen LogP contribution >= 0.6 is 0 Å². The summed E-state index contributed by atoms with van der Waals surface area (Å²) < 4.78 is 10.8. The fraction of sp³-hybridized carbons (Fsp3) is 0.222. The zero-order chi connectivity index (χ0) is 18.1. The van der Waals surface area contributed by atoms with Crippen molar-refractivity contribution in [3.8, 4) is 11.5 Å². The molecule has 2 N–H and O–H groups in total. The summed E-state index contributed by atoms with van der Waals surface area (Å²) in [6.45, 7) is 0. The molecule has 0 aliphatic carbocycles. The van der Waals surface area contributed by atoms with Gasteiger partial charge in [0.15, 0.2) is 0 Å². The fourth-order valence-electron chi connectivity index (χ4n) is 2.19. The Hall–Kier alpha value is -2.96. The molecule has 0 amide bonds. The van der Waals surface area contributed by atoms with Gasteiger partial charge in [-0.2, -0.15) is 0 Å². The van der Waals surface area contributed by atoms with E-state index in [-0.39, 0.29) is 12.8 Å². The maximum atomic E-state index is 10.6. The highest BCUT2D eigenvalue weighted by Gasteiger charge is 2.06. The largest absolute Gasteiger partial charge is 0.658 e. The third kappa shape index (κ3) is 6.99. The van der Waals surface area contributed by atoms with Crippen LogP contribution in [0, 0.1) is 0 Å². The van der Waals surface area contributed by atoms with Gasteiger partial charge >= 0.3 is 19.6 Å². The molecule has 1 radical (unpaired) electrons. The van der Waals surface area contributed by atoms with Crippen LogP contribution in [0.2, 0.25) is 0 Å². The van der Waals surface area contributed by atoms with Gasteiger partial charge in [-0.25, -0.2) is 0 Å². The number of aryl methyl sites for hydroxylation is 2. The van der Waals surface area contributed by atoms with Crippen LogP contribution in [-0.2, 0) is 22.4 Å². The molecule has 2 aromatic carbocycles. The molecule has 2 aromatic rings. The summed E-state index contributed by atoms with van der Waals surface area (Å²) >= 11 is 0. The quantitative estimate of drug-likeness (QED) is 0.646. The van der Waals surface area contributed by atoms with Crippen molar-refractivity contribution in [2.75, 3.05) is 0 Å². The number of carbonyl (C=O) groups is 2. The van der Waals surface area contributed by atoms with Crippen molar-refractivity contribution in [2.45, 2.75) is 25.7 Å². The molecule has 0 heterocycles. The van der Waals surface area contributed by atoms with Gasteiger partial charge in [-0.3, -0.25) is 9.59 Å². The third-order valence-electron chi connectivity index (χ3n) is 3.42. The molecule has 0 saturated carbocycles. The van der Waals surface area contributed by atoms with E-state index in [2.05, 4.69) is 0 Å². The van der Waals surface area contributed by atoms with E-state index in [1.807, 2.05) is 12.1 Å². The molecule has 0 saturated heterocycles. The van der Waals surface area contributed by atoms with Crippen molar-refractivity contribution in [3.63, 3.8) is 0 Å². The number of carboxylic acids is 2. The van der Waals surface area contributed by atoms with E-state index in [1.54, 1.807) is 36.4 Å². The Morgan fingerprint density at radius 1 is 0.800 bits per heavy atom. The van der Waals surface area contributed by atoms with Gasteiger partial charge in [0.25, 0.3) is 0 Å². The van der Waals surface area contributed by atoms with Crippen molar-refractivity contribution >= 4 is 19.6 Å². The van der Waals surface area contributed by atoms with Crippen LogP contribution in [0.3, 0.4) is 0 Å². The molecule has 0 aromatic heterocycles. The van der Waals surface area contributed by atoms with Gasteiger partial charge in [0.05, 0.1) is 0 Å². The second kappa shape index (κ2) is 9.37. The molecule has 0 spiro atoms. The van der Waals surface area contributed by atoms with Gasteiger partial charge in [0, 0.05) is 12.8 Å². The van der Waals surface area contributed by atoms with Gasteiger partial charge in [-0.05, 0) is 48.2 Å². The maximum absolute atomic E-state index is 10.6. The summed E-state index contributed by atoms with van der Waals surface area (Å²) in [6, 6.07) is 14.2. The van der Waals surface area contributed by atoms with Crippen LogP contribution in [0.5, 0.6) is 11.5 Å². The van der Waals surface area contributed by atoms with Crippen molar-refractivity contribution in [2.24, 2.45) is 0 Å². The first-order chi connectivity index (χ1) is 12.0. The zero-order valence-electron chi connectivity index (χ0n) is 13.6. The van der Waals surface area contributed by atoms with Crippen molar-refractivity contribution < 1.29 is 29.1 Å². The minimum absolute atomic E-state index is 0.0623. The van der Waals surface area contributed by atoms with Gasteiger partial charge in [-0.1, -0.05) is 24.3 Å². The molecule has 0 bridgehead atoms. The molecular weight excluding hydrogens is 323 g/mol. The van der Waals surface area contributed by atoms with Crippen LogP contribution in [0.15, 0.2) is 48.5 Å². The molecule has 129 valence electrons. The van der Waals surface area contributed by atoms with E-state index in [4.69, 9.17) is 19.5 Å². The summed E-state index contributed by atoms with van der Waals surface area (Å²) in [5.74, 6) is -0.595. The first-order valence-corrected chi connectivity index (χ1v) is 7.79. The van der Waals surface area contributed by atoms with E-state index in [0.717, 1.165) is 11.1 Å². The topological polar surface area (TPSA) is 93.1 Å². The second-order valence-corrected chi connectivity index (χ2v) is 5.41. The van der Waals surface area contributed by atoms with Gasteiger partial charge < -0.3 is 19.5 Å². The summed E-state index contributed by atoms with van der Waals surface area (Å²) in [7, 11) is 1.19. The molecule has 0 atom stereocenters. The third-order valence-corrected chi connectivity index (χ3v) is 3.42. The lowest BCUT2D eigenvalue weighted by Crippen LogP contribution is -2.11. The summed E-state index contributed by atoms with van der Waals surface area (Å²) in [4.78, 5) is 21.2. The summed E-state index contributed by atoms with van der Waals surface area (Å²) in [5, 5.41) is 17.4. The Balaban J connectivity index is 1.84. The number of hydrogen-bond acceptors (Lipinski definition) is 4. The molecule has 0 unspecified atom stereocenters. The molecule has 0 aliphatic heterocycles. The average molecular weight is 341 g/mol. The fourth-order valence-corrected chi connectivity index (χ4v) is 2.19. The lowest BCUT2D eigenvalue weighted by atomic mass is 10.1. The lowest BCUT2D eigenvalue weighted by Gasteiger charge is -2.09. The smallest absolute Gasteiger partial charge is 0.526 e. The molecule has 6 nitrogen and oxygen atoms in total. The average Bonchev–Trinajstić information content (AvgIpc) is 2.59. The molecular formula is C18H18BO6. The SMILES string of the molecule is O=C(O)CCc1cccc(O[B]Oc2cccc(CCC(=O)O)c2)c1. The predicted molar refractivity (Wildman–Crippen MR) is 91.8 cm³/mol. The van der Waals surface area contributed by atoms with Crippen LogP contribution in [0.25, 0.3) is 0 Å². The molecule has 25 heavy (non-hydrogen) atoms. The summed E-state index contributed by atoms with van der Waals surface area (Å²) in [6.07, 6.45) is 0.984. The van der Waals surface area contributed by atoms with Crippen LogP contribution in [-0.4, -0.2) is 29.8 Å². The number of rotatable bonds is 10. The number of carboxylic acid groups (broad SMARTS) is 2. The molecule has 2 rings (SSSR count). The highest BCUT2D eigenvalue weighted by atomic mass is 16.6. The van der Waals surface area contributed by atoms with E-state index < -0.39 is 11.9 Å². The Labute approximate surface area is 146 Å².